The van der Waals surface area contributed by atoms with Crippen LogP contribution < -0.4 is 15.4 Å². The number of hydrogen-bond acceptors (Lipinski definition) is 7. The fourth-order valence-corrected chi connectivity index (χ4v) is 8.41. The van der Waals surface area contributed by atoms with E-state index < -0.39 is 16.0 Å². The van der Waals surface area contributed by atoms with Crippen LogP contribution in [0.3, 0.4) is 0 Å². The molecule has 1 fully saturated rings. The lowest BCUT2D eigenvalue weighted by atomic mass is 9.91. The van der Waals surface area contributed by atoms with Gasteiger partial charge in [-0.2, -0.15) is 9.40 Å². The van der Waals surface area contributed by atoms with Gasteiger partial charge < -0.3 is 15.2 Å². The minimum atomic E-state index is -3.87. The van der Waals surface area contributed by atoms with Gasteiger partial charge in [-0.15, -0.1) is 11.3 Å². The van der Waals surface area contributed by atoms with Crippen LogP contribution in [0.1, 0.15) is 60.8 Å². The summed E-state index contributed by atoms with van der Waals surface area (Å²) < 4.78 is 34.8. The lowest BCUT2D eigenvalue weighted by Crippen LogP contribution is -2.38. The Hall–Kier alpha value is -4.20. The maximum absolute atomic E-state index is 13.3. The Kier molecular flexibility index (Phi) is 9.57. The molecule has 5 rings (SSSR count). The Morgan fingerprint density at radius 3 is 2.28 bits per heavy atom. The van der Waals surface area contributed by atoms with Crippen molar-refractivity contribution in [2.75, 3.05) is 30.8 Å². The van der Waals surface area contributed by atoms with Crippen LogP contribution in [0.15, 0.2) is 64.2 Å². The molecule has 1 aliphatic rings. The third-order valence-corrected chi connectivity index (χ3v) is 11.4. The molecule has 3 N–H and O–H groups in total. The fourth-order valence-electron chi connectivity index (χ4n) is 5.37. The first kappa shape index (κ1) is 33.2. The molecular formula is C33H39N5O6S2. The van der Waals surface area contributed by atoms with Crippen LogP contribution in [0.4, 0.5) is 16.3 Å². The number of nitrogens with zero attached hydrogens (tertiary/aromatic N) is 3. The SMILES string of the molecule is COc1c(C(=O)O)csc1S(=O)(=O)N1CCC(Cc2ccc(NC(=O)Nc3cc(C(C)(C)C)nn3-c3ccc(C)cc3)cc2)CC1. The van der Waals surface area contributed by atoms with E-state index >= 15 is 0 Å². The number of piperidine rings is 1. The summed E-state index contributed by atoms with van der Waals surface area (Å²) in [6.07, 6.45) is 2.12. The molecule has 46 heavy (non-hydrogen) atoms. The van der Waals surface area contributed by atoms with Crippen LogP contribution in [0.25, 0.3) is 5.69 Å². The van der Waals surface area contributed by atoms with E-state index in [9.17, 15) is 23.1 Å². The topological polar surface area (TPSA) is 143 Å². The van der Waals surface area contributed by atoms with E-state index in [-0.39, 0.29) is 32.9 Å². The molecule has 0 atom stereocenters. The lowest BCUT2D eigenvalue weighted by Gasteiger charge is -2.31. The van der Waals surface area contributed by atoms with Gasteiger partial charge in [0.05, 0.1) is 18.5 Å². The highest BCUT2D eigenvalue weighted by atomic mass is 32.2. The van der Waals surface area contributed by atoms with Crippen LogP contribution in [-0.2, 0) is 21.9 Å². The maximum atomic E-state index is 13.3. The summed E-state index contributed by atoms with van der Waals surface area (Å²) >= 11 is 0.866. The number of aromatic carboxylic acids is 1. The lowest BCUT2D eigenvalue weighted by molar-refractivity contribution is 0.0693. The largest absolute Gasteiger partial charge is 0.494 e. The van der Waals surface area contributed by atoms with Crippen LogP contribution in [-0.4, -0.2) is 59.8 Å². The zero-order valence-corrected chi connectivity index (χ0v) is 28.2. The van der Waals surface area contributed by atoms with E-state index in [0.29, 0.717) is 37.4 Å². The first-order chi connectivity index (χ1) is 21.8. The van der Waals surface area contributed by atoms with Crippen molar-refractivity contribution in [1.29, 1.82) is 0 Å². The second kappa shape index (κ2) is 13.3. The molecule has 0 spiro atoms. The van der Waals surface area contributed by atoms with E-state index in [0.717, 1.165) is 40.3 Å². The van der Waals surface area contributed by atoms with Crippen LogP contribution >= 0.6 is 11.3 Å². The van der Waals surface area contributed by atoms with Crippen molar-refractivity contribution in [3.05, 3.63) is 82.4 Å². The van der Waals surface area contributed by atoms with Gasteiger partial charge in [0.2, 0.25) is 0 Å². The monoisotopic (exact) mass is 665 g/mol. The highest BCUT2D eigenvalue weighted by Gasteiger charge is 2.35. The number of carbonyl (C=O) groups is 2. The second-order valence-electron chi connectivity index (χ2n) is 12.5. The Morgan fingerprint density at radius 2 is 1.70 bits per heavy atom. The van der Waals surface area contributed by atoms with Crippen LogP contribution in [0.2, 0.25) is 0 Å². The van der Waals surface area contributed by atoms with Gasteiger partial charge in [0.25, 0.3) is 10.0 Å². The van der Waals surface area contributed by atoms with Crippen LogP contribution in [0, 0.1) is 12.8 Å². The first-order valence-corrected chi connectivity index (χ1v) is 17.3. The highest BCUT2D eigenvalue weighted by Crippen LogP contribution is 2.38. The van der Waals surface area contributed by atoms with E-state index in [2.05, 4.69) is 31.4 Å². The number of carbonyl (C=O) groups excluding carboxylic acids is 1. The molecule has 3 heterocycles. The van der Waals surface area contributed by atoms with Crippen molar-refractivity contribution in [3.8, 4) is 11.4 Å². The number of carboxylic acids is 1. The van der Waals surface area contributed by atoms with Gasteiger partial charge in [-0.1, -0.05) is 50.6 Å². The summed E-state index contributed by atoms with van der Waals surface area (Å²) in [5.74, 6) is -0.493. The predicted molar refractivity (Wildman–Crippen MR) is 179 cm³/mol. The molecule has 13 heteroatoms. The number of carboxylic acid groups (broad SMARTS) is 1. The van der Waals surface area contributed by atoms with Crippen LogP contribution in [0.5, 0.6) is 5.75 Å². The number of anilines is 2. The zero-order valence-electron chi connectivity index (χ0n) is 26.5. The van der Waals surface area contributed by atoms with Gasteiger partial charge in [-0.05, 0) is 61.9 Å². The smallest absolute Gasteiger partial charge is 0.340 e. The molecule has 4 aromatic rings. The van der Waals surface area contributed by atoms with E-state index in [1.54, 1.807) is 4.68 Å². The molecule has 0 unspecified atom stereocenters. The van der Waals surface area contributed by atoms with Gasteiger partial charge >= 0.3 is 12.0 Å². The summed E-state index contributed by atoms with van der Waals surface area (Å²) in [7, 11) is -2.59. The quantitative estimate of drug-likeness (QED) is 0.184. The molecular weight excluding hydrogens is 627 g/mol. The van der Waals surface area contributed by atoms with Crippen molar-refractivity contribution in [3.63, 3.8) is 0 Å². The number of thiophene rings is 1. The number of methoxy groups -OCH3 is 1. The first-order valence-electron chi connectivity index (χ1n) is 15.0. The highest BCUT2D eigenvalue weighted by molar-refractivity contribution is 7.91. The van der Waals surface area contributed by atoms with E-state index in [4.69, 9.17) is 9.84 Å². The van der Waals surface area contributed by atoms with E-state index in [1.807, 2.05) is 61.5 Å². The summed E-state index contributed by atoms with van der Waals surface area (Å²) in [4.78, 5) is 24.5. The Balaban J connectivity index is 1.18. The number of benzene rings is 2. The average molecular weight is 666 g/mol. The molecule has 1 aliphatic heterocycles. The predicted octanol–water partition coefficient (Wildman–Crippen LogP) is 6.53. The number of rotatable bonds is 9. The molecule has 0 radical (unpaired) electrons. The number of aryl methyl sites for hydroxylation is 1. The second-order valence-corrected chi connectivity index (χ2v) is 15.5. The molecule has 11 nitrogen and oxygen atoms in total. The van der Waals surface area contributed by atoms with Crippen molar-refractivity contribution < 1.29 is 27.9 Å². The third-order valence-electron chi connectivity index (χ3n) is 8.03. The van der Waals surface area contributed by atoms with Gasteiger partial charge in [0.15, 0.2) is 9.96 Å². The molecule has 2 aromatic heterocycles. The average Bonchev–Trinajstić information content (AvgIpc) is 3.64. The Labute approximate surface area is 273 Å². The van der Waals surface area contributed by atoms with Gasteiger partial charge in [0, 0.05) is 35.6 Å². The maximum Gasteiger partial charge on any atom is 0.340 e. The molecule has 0 aliphatic carbocycles. The molecule has 1 saturated heterocycles. The van der Waals surface area contributed by atoms with Gasteiger partial charge in [-0.25, -0.2) is 22.7 Å². The summed E-state index contributed by atoms with van der Waals surface area (Å²) in [6.45, 7) is 8.93. The van der Waals surface area contributed by atoms with Gasteiger partial charge in [0.1, 0.15) is 11.4 Å². The Bertz CT molecular complexity index is 1820. The Morgan fingerprint density at radius 1 is 1.04 bits per heavy atom. The third kappa shape index (κ3) is 7.27. The van der Waals surface area contributed by atoms with Crippen molar-refractivity contribution in [1.82, 2.24) is 14.1 Å². The molecule has 244 valence electrons. The number of nitrogens with one attached hydrogen (secondary N) is 2. The number of ether oxygens (including phenoxy) is 1. The van der Waals surface area contributed by atoms with Crippen molar-refractivity contribution in [2.45, 2.75) is 56.6 Å². The normalized spacial score (nSPS) is 14.6. The fraction of sp³-hybridized carbons (Fsp3) is 0.364. The van der Waals surface area contributed by atoms with Crippen molar-refractivity contribution >= 4 is 44.9 Å². The minimum Gasteiger partial charge on any atom is -0.494 e. The zero-order chi connectivity index (χ0) is 33.2. The summed E-state index contributed by atoms with van der Waals surface area (Å²) in [5, 5.41) is 21.3. The number of sulfonamides is 1. The molecule has 2 amide bonds. The summed E-state index contributed by atoms with van der Waals surface area (Å²) in [6, 6.07) is 17.1. The molecule has 0 saturated carbocycles. The van der Waals surface area contributed by atoms with Gasteiger partial charge in [-0.3, -0.25) is 5.32 Å². The number of urea groups is 1. The number of aromatic nitrogens is 2. The number of hydrogen-bond donors (Lipinski definition) is 3. The summed E-state index contributed by atoms with van der Waals surface area (Å²) in [5.41, 5.74) is 4.22. The van der Waals surface area contributed by atoms with E-state index in [1.165, 1.54) is 16.8 Å². The van der Waals surface area contributed by atoms with Crippen molar-refractivity contribution in [2.24, 2.45) is 5.92 Å². The number of amides is 2. The standard InChI is InChI=1S/C33H39N5O6S2/c1-21-6-12-25(13-7-21)38-28(19-27(36-38)33(2,3)4)35-32(41)34-24-10-8-22(9-11-24)18-23-14-16-37(17-15-23)46(42,43)31-29(44-5)26(20-45-31)30(39)40/h6-13,19-20,23H,14-18H2,1-5H3,(H,39,40)(H2,34,35,41). The molecule has 2 aromatic carbocycles. The molecule has 0 bridgehead atoms. The minimum absolute atomic E-state index is 0.0766.